The molecule has 0 bridgehead atoms. The molecule has 3 amide bonds. The van der Waals surface area contributed by atoms with Crippen LogP contribution in [0.3, 0.4) is 0 Å². The normalized spacial score (nSPS) is 16.2. The number of carboxylic acids is 1. The average molecular weight is 495 g/mol. The first-order valence-corrected chi connectivity index (χ1v) is 11.7. The molecular formula is C24H38N4O7. The summed E-state index contributed by atoms with van der Waals surface area (Å²) in [6, 6.07) is 1.31. The molecule has 11 heteroatoms. The van der Waals surface area contributed by atoms with E-state index in [1.165, 1.54) is 12.1 Å². The number of carbonyl (C=O) groups excluding carboxylic acids is 3. The van der Waals surface area contributed by atoms with Gasteiger partial charge in [-0.05, 0) is 29.5 Å². The van der Waals surface area contributed by atoms with E-state index in [2.05, 4.69) is 16.0 Å². The number of amides is 3. The molecule has 0 radical (unpaired) electrons. The maximum atomic E-state index is 13.0. The largest absolute Gasteiger partial charge is 0.508 e. The SMILES string of the molecule is CCC(C)C(N)C(=O)NC(CO)C(=O)NC(Cc1ccc(O)cc1)C(=O)NC(C(=O)O)C(C)CC. The van der Waals surface area contributed by atoms with E-state index in [1.54, 1.807) is 32.9 Å². The Balaban J connectivity index is 3.09. The molecule has 0 aliphatic heterocycles. The number of aliphatic hydroxyl groups is 1. The number of carboxylic acid groups (broad SMARTS) is 1. The van der Waals surface area contributed by atoms with E-state index in [-0.39, 0.29) is 24.0 Å². The number of nitrogens with one attached hydrogen (secondary N) is 3. The molecule has 6 unspecified atom stereocenters. The molecule has 0 heterocycles. The standard InChI is InChI=1S/C24H38N4O7/c1-5-13(3)19(25)23(33)27-18(12-29)22(32)26-17(11-15-7-9-16(30)10-8-15)21(31)28-20(24(34)35)14(4)6-2/h7-10,13-14,17-20,29-30H,5-6,11-12,25H2,1-4H3,(H,26,32)(H,27,33)(H,28,31)(H,34,35). The van der Waals surface area contributed by atoms with Gasteiger partial charge in [-0.15, -0.1) is 0 Å². The Morgan fingerprint density at radius 1 is 0.857 bits per heavy atom. The molecule has 0 fully saturated rings. The first kappa shape index (κ1) is 29.9. The number of nitrogens with two attached hydrogens (primary N) is 1. The van der Waals surface area contributed by atoms with Crippen LogP contribution >= 0.6 is 0 Å². The van der Waals surface area contributed by atoms with Crippen LogP contribution in [0, 0.1) is 11.8 Å². The third-order valence-electron chi connectivity index (χ3n) is 6.16. The molecule has 0 aliphatic rings. The zero-order chi connectivity index (χ0) is 26.7. The molecule has 0 saturated carbocycles. The molecule has 35 heavy (non-hydrogen) atoms. The van der Waals surface area contributed by atoms with Crippen molar-refractivity contribution in [3.05, 3.63) is 29.8 Å². The van der Waals surface area contributed by atoms with E-state index in [0.717, 1.165) is 0 Å². The van der Waals surface area contributed by atoms with E-state index >= 15 is 0 Å². The third-order valence-corrected chi connectivity index (χ3v) is 6.16. The number of rotatable bonds is 14. The van der Waals surface area contributed by atoms with E-state index < -0.39 is 54.5 Å². The summed E-state index contributed by atoms with van der Waals surface area (Å²) in [5.74, 6) is -3.89. The van der Waals surface area contributed by atoms with Crippen molar-refractivity contribution in [2.45, 2.75) is 71.1 Å². The van der Waals surface area contributed by atoms with Crippen LogP contribution in [0.15, 0.2) is 24.3 Å². The van der Waals surface area contributed by atoms with Gasteiger partial charge in [-0.3, -0.25) is 14.4 Å². The van der Waals surface area contributed by atoms with Crippen molar-refractivity contribution in [3.8, 4) is 5.75 Å². The Labute approximate surface area is 205 Å². The number of phenolic OH excluding ortho intramolecular Hbond substituents is 1. The third kappa shape index (κ3) is 9.18. The minimum absolute atomic E-state index is 0.0159. The second kappa shape index (κ2) is 14.3. The van der Waals surface area contributed by atoms with Crippen LogP contribution in [0.25, 0.3) is 0 Å². The predicted octanol–water partition coefficient (Wildman–Crippen LogP) is -0.114. The van der Waals surface area contributed by atoms with Crippen LogP contribution in [-0.4, -0.2) is 69.8 Å². The Kier molecular flexibility index (Phi) is 12.2. The second-order valence-corrected chi connectivity index (χ2v) is 8.80. The van der Waals surface area contributed by atoms with Crippen molar-refractivity contribution in [1.29, 1.82) is 0 Å². The quantitative estimate of drug-likeness (QED) is 0.186. The number of aromatic hydroxyl groups is 1. The van der Waals surface area contributed by atoms with E-state index in [1.807, 2.05) is 6.92 Å². The molecular weight excluding hydrogens is 456 g/mol. The van der Waals surface area contributed by atoms with Gasteiger partial charge in [0.1, 0.15) is 23.9 Å². The molecule has 0 spiro atoms. The molecule has 1 aromatic rings. The predicted molar refractivity (Wildman–Crippen MR) is 129 cm³/mol. The number of carbonyl (C=O) groups is 4. The number of hydrogen-bond donors (Lipinski definition) is 7. The topological polar surface area (TPSA) is 191 Å². The molecule has 1 aromatic carbocycles. The monoisotopic (exact) mass is 494 g/mol. The molecule has 0 aromatic heterocycles. The van der Waals surface area contributed by atoms with Crippen molar-refractivity contribution >= 4 is 23.7 Å². The lowest BCUT2D eigenvalue weighted by molar-refractivity contribution is -0.143. The second-order valence-electron chi connectivity index (χ2n) is 8.80. The zero-order valence-electron chi connectivity index (χ0n) is 20.7. The molecule has 11 nitrogen and oxygen atoms in total. The average Bonchev–Trinajstić information content (AvgIpc) is 2.84. The van der Waals surface area contributed by atoms with Crippen LogP contribution in [0.5, 0.6) is 5.75 Å². The number of benzene rings is 1. The highest BCUT2D eigenvalue weighted by Gasteiger charge is 2.32. The Hall–Kier alpha value is -3.18. The van der Waals surface area contributed by atoms with Crippen LogP contribution in [0.2, 0.25) is 0 Å². The van der Waals surface area contributed by atoms with Gasteiger partial charge in [0.05, 0.1) is 12.6 Å². The van der Waals surface area contributed by atoms with Crippen molar-refractivity contribution in [3.63, 3.8) is 0 Å². The van der Waals surface area contributed by atoms with Gasteiger partial charge < -0.3 is 37.0 Å². The van der Waals surface area contributed by atoms with Crippen molar-refractivity contribution < 1.29 is 34.5 Å². The Morgan fingerprint density at radius 2 is 1.37 bits per heavy atom. The highest BCUT2D eigenvalue weighted by atomic mass is 16.4. The van der Waals surface area contributed by atoms with Crippen LogP contribution in [0.4, 0.5) is 0 Å². The summed E-state index contributed by atoms with van der Waals surface area (Å²) in [7, 11) is 0. The molecule has 0 aliphatic carbocycles. The van der Waals surface area contributed by atoms with Gasteiger partial charge in [0, 0.05) is 6.42 Å². The lowest BCUT2D eigenvalue weighted by atomic mass is 9.98. The summed E-state index contributed by atoms with van der Waals surface area (Å²) in [6.07, 6.45) is 1.12. The molecule has 6 atom stereocenters. The Bertz CT molecular complexity index is 862. The summed E-state index contributed by atoms with van der Waals surface area (Å²) in [5, 5.41) is 36.1. The maximum Gasteiger partial charge on any atom is 0.326 e. The molecule has 196 valence electrons. The summed E-state index contributed by atoms with van der Waals surface area (Å²) in [5.41, 5.74) is 6.48. The van der Waals surface area contributed by atoms with Crippen LogP contribution in [-0.2, 0) is 25.6 Å². The van der Waals surface area contributed by atoms with E-state index in [4.69, 9.17) is 5.73 Å². The molecule has 1 rings (SSSR count). The highest BCUT2D eigenvalue weighted by molar-refractivity contribution is 5.94. The minimum atomic E-state index is -1.36. The van der Waals surface area contributed by atoms with Gasteiger partial charge in [-0.25, -0.2) is 4.79 Å². The summed E-state index contributed by atoms with van der Waals surface area (Å²) >= 11 is 0. The van der Waals surface area contributed by atoms with E-state index in [0.29, 0.717) is 18.4 Å². The van der Waals surface area contributed by atoms with Crippen molar-refractivity contribution in [2.75, 3.05) is 6.61 Å². The van der Waals surface area contributed by atoms with Crippen LogP contribution in [0.1, 0.15) is 46.1 Å². The van der Waals surface area contributed by atoms with Gasteiger partial charge >= 0.3 is 5.97 Å². The summed E-state index contributed by atoms with van der Waals surface area (Å²) in [6.45, 7) is 6.39. The van der Waals surface area contributed by atoms with Crippen LogP contribution < -0.4 is 21.7 Å². The number of aliphatic hydroxyl groups excluding tert-OH is 1. The fraction of sp³-hybridized carbons (Fsp3) is 0.583. The first-order chi connectivity index (χ1) is 16.4. The molecule has 0 saturated heterocycles. The van der Waals surface area contributed by atoms with Gasteiger partial charge in [0.25, 0.3) is 0 Å². The van der Waals surface area contributed by atoms with Crippen molar-refractivity contribution in [1.82, 2.24) is 16.0 Å². The number of phenols is 1. The van der Waals surface area contributed by atoms with Crippen molar-refractivity contribution in [2.24, 2.45) is 17.6 Å². The summed E-state index contributed by atoms with van der Waals surface area (Å²) in [4.78, 5) is 50.0. The smallest absolute Gasteiger partial charge is 0.326 e. The van der Waals surface area contributed by atoms with Gasteiger partial charge in [0.15, 0.2) is 0 Å². The van der Waals surface area contributed by atoms with Gasteiger partial charge in [-0.1, -0.05) is 52.7 Å². The minimum Gasteiger partial charge on any atom is -0.508 e. The first-order valence-electron chi connectivity index (χ1n) is 11.7. The maximum absolute atomic E-state index is 13.0. The zero-order valence-corrected chi connectivity index (χ0v) is 20.7. The lowest BCUT2D eigenvalue weighted by Crippen LogP contribution is -2.59. The van der Waals surface area contributed by atoms with Gasteiger partial charge in [-0.2, -0.15) is 0 Å². The molecule has 8 N–H and O–H groups in total. The number of aliphatic carboxylic acids is 1. The van der Waals surface area contributed by atoms with E-state index in [9.17, 15) is 34.5 Å². The fourth-order valence-corrected chi connectivity index (χ4v) is 3.26. The highest BCUT2D eigenvalue weighted by Crippen LogP contribution is 2.13. The fourth-order valence-electron chi connectivity index (χ4n) is 3.26. The Morgan fingerprint density at radius 3 is 1.86 bits per heavy atom. The van der Waals surface area contributed by atoms with Gasteiger partial charge in [0.2, 0.25) is 17.7 Å². The summed E-state index contributed by atoms with van der Waals surface area (Å²) < 4.78 is 0. The number of hydrogen-bond acceptors (Lipinski definition) is 7. The lowest BCUT2D eigenvalue weighted by Gasteiger charge is -2.26.